The standard InChI is InChI=1S/C15H19ClO2S/c1-2-18-15(17)12-8-4-7-11-14(16)19-13-9-5-3-6-10-13/h3,5-6,8-10,12,14H,2,4,7,11H2,1H3/b12-8-. The summed E-state index contributed by atoms with van der Waals surface area (Å²) >= 11 is 7.92. The summed E-state index contributed by atoms with van der Waals surface area (Å²) in [6.45, 7) is 2.21. The number of halogens is 1. The zero-order chi connectivity index (χ0) is 13.9. The van der Waals surface area contributed by atoms with Gasteiger partial charge in [-0.3, -0.25) is 0 Å². The van der Waals surface area contributed by atoms with Crippen LogP contribution >= 0.6 is 23.4 Å². The van der Waals surface area contributed by atoms with Crippen molar-refractivity contribution in [2.75, 3.05) is 6.61 Å². The topological polar surface area (TPSA) is 26.3 Å². The van der Waals surface area contributed by atoms with Crippen molar-refractivity contribution in [2.45, 2.75) is 35.8 Å². The number of alkyl halides is 1. The second-order valence-electron chi connectivity index (χ2n) is 3.93. The fraction of sp³-hybridized carbons (Fsp3) is 0.400. The SMILES string of the molecule is CCOC(=O)/C=C\CCCC(Cl)Sc1ccccc1. The van der Waals surface area contributed by atoms with E-state index in [0.29, 0.717) is 6.61 Å². The molecule has 0 radical (unpaired) electrons. The number of unbranched alkanes of at least 4 members (excludes halogenated alkanes) is 1. The number of allylic oxidation sites excluding steroid dienone is 1. The van der Waals surface area contributed by atoms with E-state index in [0.717, 1.165) is 19.3 Å². The zero-order valence-electron chi connectivity index (χ0n) is 11.0. The van der Waals surface area contributed by atoms with Gasteiger partial charge < -0.3 is 4.74 Å². The predicted octanol–water partition coefficient (Wildman–Crippen LogP) is 4.63. The second-order valence-corrected chi connectivity index (χ2v) is 5.99. The van der Waals surface area contributed by atoms with Crippen LogP contribution in [-0.4, -0.2) is 17.3 Å². The van der Waals surface area contributed by atoms with Gasteiger partial charge in [0.1, 0.15) is 0 Å². The minimum atomic E-state index is -0.274. The third kappa shape index (κ3) is 7.96. The molecule has 0 bridgehead atoms. The smallest absolute Gasteiger partial charge is 0.330 e. The molecule has 19 heavy (non-hydrogen) atoms. The van der Waals surface area contributed by atoms with Crippen LogP contribution in [-0.2, 0) is 9.53 Å². The zero-order valence-corrected chi connectivity index (χ0v) is 12.6. The first kappa shape index (κ1) is 16.1. The van der Waals surface area contributed by atoms with E-state index in [9.17, 15) is 4.79 Å². The van der Waals surface area contributed by atoms with Gasteiger partial charge in [-0.2, -0.15) is 0 Å². The van der Waals surface area contributed by atoms with Crippen LogP contribution < -0.4 is 0 Å². The Balaban J connectivity index is 2.14. The first-order chi connectivity index (χ1) is 9.22. The van der Waals surface area contributed by atoms with E-state index in [2.05, 4.69) is 12.1 Å². The van der Waals surface area contributed by atoms with E-state index in [1.165, 1.54) is 11.0 Å². The lowest BCUT2D eigenvalue weighted by molar-refractivity contribution is -0.137. The fourth-order valence-electron chi connectivity index (χ4n) is 1.47. The van der Waals surface area contributed by atoms with Crippen molar-refractivity contribution >= 4 is 29.3 Å². The summed E-state index contributed by atoms with van der Waals surface area (Å²) in [5.41, 5.74) is 0. The molecule has 0 heterocycles. The number of rotatable bonds is 8. The van der Waals surface area contributed by atoms with Gasteiger partial charge in [-0.25, -0.2) is 4.79 Å². The molecular formula is C15H19ClO2S. The van der Waals surface area contributed by atoms with Crippen LogP contribution in [0.1, 0.15) is 26.2 Å². The summed E-state index contributed by atoms with van der Waals surface area (Å²) in [6.07, 6.45) is 6.04. The van der Waals surface area contributed by atoms with E-state index in [4.69, 9.17) is 16.3 Å². The van der Waals surface area contributed by atoms with Crippen molar-refractivity contribution in [2.24, 2.45) is 0 Å². The molecule has 1 unspecified atom stereocenters. The third-order valence-corrected chi connectivity index (χ3v) is 3.87. The van der Waals surface area contributed by atoms with Crippen LogP contribution in [0.3, 0.4) is 0 Å². The number of thioether (sulfide) groups is 1. The van der Waals surface area contributed by atoms with Crippen LogP contribution in [0.2, 0.25) is 0 Å². The molecule has 1 rings (SSSR count). The molecule has 0 fully saturated rings. The van der Waals surface area contributed by atoms with Crippen LogP contribution in [0.15, 0.2) is 47.4 Å². The van der Waals surface area contributed by atoms with Gasteiger partial charge in [-0.1, -0.05) is 24.3 Å². The van der Waals surface area contributed by atoms with Crippen LogP contribution in [0, 0.1) is 0 Å². The lowest BCUT2D eigenvalue weighted by Crippen LogP contribution is -1.98. The Bertz CT molecular complexity index is 392. The summed E-state index contributed by atoms with van der Waals surface area (Å²) in [6, 6.07) is 10.1. The van der Waals surface area contributed by atoms with Gasteiger partial charge in [0.05, 0.1) is 11.3 Å². The molecule has 0 saturated heterocycles. The molecular weight excluding hydrogens is 280 g/mol. The monoisotopic (exact) mass is 298 g/mol. The van der Waals surface area contributed by atoms with E-state index in [1.807, 2.05) is 24.3 Å². The van der Waals surface area contributed by atoms with Crippen LogP contribution in [0.25, 0.3) is 0 Å². The molecule has 0 amide bonds. The largest absolute Gasteiger partial charge is 0.463 e. The van der Waals surface area contributed by atoms with Crippen LogP contribution in [0.4, 0.5) is 0 Å². The average Bonchev–Trinajstić information content (AvgIpc) is 2.40. The Kier molecular flexibility index (Phi) is 8.43. The Morgan fingerprint density at radius 3 is 2.84 bits per heavy atom. The Hall–Kier alpha value is -0.930. The lowest BCUT2D eigenvalue weighted by Gasteiger charge is -2.07. The van der Waals surface area contributed by atoms with Crippen molar-refractivity contribution in [3.8, 4) is 0 Å². The van der Waals surface area contributed by atoms with Gasteiger partial charge in [0.25, 0.3) is 0 Å². The molecule has 0 aliphatic carbocycles. The molecule has 2 nitrogen and oxygen atoms in total. The van der Waals surface area contributed by atoms with Gasteiger partial charge in [0.15, 0.2) is 0 Å². The van der Waals surface area contributed by atoms with Crippen molar-refractivity contribution in [1.29, 1.82) is 0 Å². The summed E-state index contributed by atoms with van der Waals surface area (Å²) in [5.74, 6) is -0.274. The minimum absolute atomic E-state index is 0.0680. The quantitative estimate of drug-likeness (QED) is 0.230. The molecule has 1 aromatic carbocycles. The molecule has 0 aliphatic rings. The van der Waals surface area contributed by atoms with Crippen LogP contribution in [0.5, 0.6) is 0 Å². The summed E-state index contributed by atoms with van der Waals surface area (Å²) < 4.78 is 4.86. The van der Waals surface area contributed by atoms with Gasteiger partial charge in [-0.05, 0) is 38.3 Å². The highest BCUT2D eigenvalue weighted by Gasteiger charge is 2.05. The van der Waals surface area contributed by atoms with Gasteiger partial charge in [0, 0.05) is 11.0 Å². The number of hydrogen-bond donors (Lipinski definition) is 0. The minimum Gasteiger partial charge on any atom is -0.463 e. The predicted molar refractivity (Wildman–Crippen MR) is 81.6 cm³/mol. The Labute approximate surface area is 124 Å². The number of hydrogen-bond acceptors (Lipinski definition) is 3. The molecule has 104 valence electrons. The number of benzene rings is 1. The maximum absolute atomic E-state index is 11.0. The molecule has 0 aliphatic heterocycles. The highest BCUT2D eigenvalue weighted by atomic mass is 35.5. The summed E-state index contributed by atoms with van der Waals surface area (Å²) in [7, 11) is 0. The van der Waals surface area contributed by atoms with E-state index in [1.54, 1.807) is 18.7 Å². The second kappa shape index (κ2) is 9.93. The number of carbonyl (C=O) groups is 1. The molecule has 1 aromatic rings. The maximum atomic E-state index is 11.0. The molecule has 0 spiro atoms. The average molecular weight is 299 g/mol. The molecule has 0 saturated carbocycles. The summed E-state index contributed by atoms with van der Waals surface area (Å²) in [4.78, 5) is 12.2. The van der Waals surface area contributed by atoms with Gasteiger partial charge >= 0.3 is 5.97 Å². The lowest BCUT2D eigenvalue weighted by atomic mass is 10.2. The fourth-order valence-corrected chi connectivity index (χ4v) is 2.83. The normalized spacial score (nSPS) is 12.5. The number of carbonyl (C=O) groups excluding carboxylic acids is 1. The molecule has 4 heteroatoms. The van der Waals surface area contributed by atoms with Gasteiger partial charge in [0.2, 0.25) is 0 Å². The first-order valence-corrected chi connectivity index (χ1v) is 7.73. The van der Waals surface area contributed by atoms with Crippen molar-refractivity contribution in [3.63, 3.8) is 0 Å². The number of ether oxygens (including phenoxy) is 1. The van der Waals surface area contributed by atoms with E-state index in [-0.39, 0.29) is 10.7 Å². The third-order valence-electron chi connectivity index (χ3n) is 2.35. The van der Waals surface area contributed by atoms with Crippen molar-refractivity contribution in [3.05, 3.63) is 42.5 Å². The molecule has 0 N–H and O–H groups in total. The van der Waals surface area contributed by atoms with Crippen molar-refractivity contribution in [1.82, 2.24) is 0 Å². The molecule has 0 aromatic heterocycles. The Morgan fingerprint density at radius 1 is 1.42 bits per heavy atom. The first-order valence-electron chi connectivity index (χ1n) is 6.41. The Morgan fingerprint density at radius 2 is 2.16 bits per heavy atom. The molecule has 1 atom stereocenters. The van der Waals surface area contributed by atoms with Gasteiger partial charge in [-0.15, -0.1) is 23.4 Å². The summed E-state index contributed by atoms with van der Waals surface area (Å²) in [5, 5.41) is 0. The van der Waals surface area contributed by atoms with E-state index >= 15 is 0 Å². The number of esters is 1. The van der Waals surface area contributed by atoms with E-state index < -0.39 is 0 Å². The maximum Gasteiger partial charge on any atom is 0.330 e. The highest BCUT2D eigenvalue weighted by Crippen LogP contribution is 2.28. The highest BCUT2D eigenvalue weighted by molar-refractivity contribution is 8.01. The van der Waals surface area contributed by atoms with Crippen molar-refractivity contribution < 1.29 is 9.53 Å².